The lowest BCUT2D eigenvalue weighted by Crippen LogP contribution is -2.06. The van der Waals surface area contributed by atoms with Crippen molar-refractivity contribution in [1.82, 2.24) is 0 Å². The van der Waals surface area contributed by atoms with Crippen LogP contribution < -0.4 is 5.73 Å². The van der Waals surface area contributed by atoms with Crippen molar-refractivity contribution in [1.29, 1.82) is 0 Å². The van der Waals surface area contributed by atoms with Crippen molar-refractivity contribution >= 4 is 39.0 Å². The number of rotatable bonds is 3. The lowest BCUT2D eigenvalue weighted by molar-refractivity contribution is 0.0992. The van der Waals surface area contributed by atoms with E-state index in [1.807, 2.05) is 0 Å². The number of carbonyl (C=O) groups is 1. The molecule has 2 nitrogen and oxygen atoms in total. The summed E-state index contributed by atoms with van der Waals surface area (Å²) in [5.41, 5.74) is 6.73. The smallest absolute Gasteiger partial charge is 0.167 e. The van der Waals surface area contributed by atoms with Gasteiger partial charge in [-0.05, 0) is 42.0 Å². The molecule has 0 aliphatic heterocycles. The standard InChI is InChI=1S/C14H10BrClFNO/c15-10-2-4-12(17)9(5-10)7-14(19)8-1-3-11(16)13(18)6-8/h1-6H,7,18H2. The second-order valence-corrected chi connectivity index (χ2v) is 5.39. The van der Waals surface area contributed by atoms with Crippen LogP contribution in [0.2, 0.25) is 5.02 Å². The predicted octanol–water partition coefficient (Wildman–Crippen LogP) is 4.25. The molecule has 0 saturated heterocycles. The summed E-state index contributed by atoms with van der Waals surface area (Å²) < 4.78 is 14.3. The molecule has 0 radical (unpaired) electrons. The van der Waals surface area contributed by atoms with Gasteiger partial charge in [-0.15, -0.1) is 0 Å². The second-order valence-electron chi connectivity index (χ2n) is 4.07. The molecule has 98 valence electrons. The molecule has 0 heterocycles. The maximum atomic E-state index is 13.6. The Morgan fingerprint density at radius 2 is 2.00 bits per heavy atom. The Hall–Kier alpha value is -1.39. The van der Waals surface area contributed by atoms with Crippen LogP contribution in [0.1, 0.15) is 15.9 Å². The zero-order valence-corrected chi connectivity index (χ0v) is 12.1. The Labute approximate surface area is 123 Å². The first-order valence-electron chi connectivity index (χ1n) is 5.49. The highest BCUT2D eigenvalue weighted by Crippen LogP contribution is 2.22. The van der Waals surface area contributed by atoms with Crippen LogP contribution in [-0.4, -0.2) is 5.78 Å². The summed E-state index contributed by atoms with van der Waals surface area (Å²) >= 11 is 9.04. The van der Waals surface area contributed by atoms with Crippen LogP contribution in [0.15, 0.2) is 40.9 Å². The molecule has 0 aromatic heterocycles. The minimum atomic E-state index is -0.404. The number of hydrogen-bond donors (Lipinski definition) is 1. The Balaban J connectivity index is 2.25. The fourth-order valence-electron chi connectivity index (χ4n) is 1.67. The van der Waals surface area contributed by atoms with Gasteiger partial charge in [0.2, 0.25) is 0 Å². The maximum absolute atomic E-state index is 13.6. The normalized spacial score (nSPS) is 10.5. The summed E-state index contributed by atoms with van der Waals surface area (Å²) in [4.78, 5) is 12.1. The molecule has 0 spiro atoms. The van der Waals surface area contributed by atoms with Gasteiger partial charge in [-0.1, -0.05) is 27.5 Å². The zero-order chi connectivity index (χ0) is 14.0. The largest absolute Gasteiger partial charge is 0.398 e. The van der Waals surface area contributed by atoms with Gasteiger partial charge in [-0.2, -0.15) is 0 Å². The first-order valence-corrected chi connectivity index (χ1v) is 6.66. The first kappa shape index (κ1) is 14.0. The van der Waals surface area contributed by atoms with Crippen molar-refractivity contribution in [3.63, 3.8) is 0 Å². The number of halogens is 3. The fraction of sp³-hybridized carbons (Fsp3) is 0.0714. The van der Waals surface area contributed by atoms with Crippen LogP contribution in [0.3, 0.4) is 0 Å². The van der Waals surface area contributed by atoms with Crippen molar-refractivity contribution in [3.05, 3.63) is 62.8 Å². The van der Waals surface area contributed by atoms with E-state index >= 15 is 0 Å². The van der Waals surface area contributed by atoms with Gasteiger partial charge in [0.1, 0.15) is 5.82 Å². The van der Waals surface area contributed by atoms with Crippen LogP contribution in [0.4, 0.5) is 10.1 Å². The molecule has 0 amide bonds. The molecule has 2 aromatic carbocycles. The van der Waals surface area contributed by atoms with Crippen molar-refractivity contribution in [2.24, 2.45) is 0 Å². The highest BCUT2D eigenvalue weighted by molar-refractivity contribution is 9.10. The van der Waals surface area contributed by atoms with Gasteiger partial charge >= 0.3 is 0 Å². The Kier molecular flexibility index (Phi) is 4.22. The van der Waals surface area contributed by atoms with E-state index in [0.29, 0.717) is 21.8 Å². The summed E-state index contributed by atoms with van der Waals surface area (Å²) in [6, 6.07) is 9.14. The quantitative estimate of drug-likeness (QED) is 0.669. The third kappa shape index (κ3) is 3.33. The third-order valence-corrected chi connectivity index (χ3v) is 3.51. The van der Waals surface area contributed by atoms with E-state index in [4.69, 9.17) is 17.3 Å². The van der Waals surface area contributed by atoms with Crippen LogP contribution in [0, 0.1) is 5.82 Å². The van der Waals surface area contributed by atoms with E-state index in [9.17, 15) is 9.18 Å². The number of nitrogen functional groups attached to an aromatic ring is 1. The SMILES string of the molecule is Nc1cc(C(=O)Cc2cc(Br)ccc2F)ccc1Cl. The molecular weight excluding hydrogens is 333 g/mol. The highest BCUT2D eigenvalue weighted by Gasteiger charge is 2.12. The molecule has 0 aliphatic carbocycles. The number of ketones is 1. The van der Waals surface area contributed by atoms with Gasteiger partial charge < -0.3 is 5.73 Å². The highest BCUT2D eigenvalue weighted by atomic mass is 79.9. The minimum absolute atomic E-state index is 0.0215. The van der Waals surface area contributed by atoms with Gasteiger partial charge in [-0.25, -0.2) is 4.39 Å². The van der Waals surface area contributed by atoms with Crippen molar-refractivity contribution in [2.45, 2.75) is 6.42 Å². The van der Waals surface area contributed by atoms with Gasteiger partial charge in [-0.3, -0.25) is 4.79 Å². The van der Waals surface area contributed by atoms with E-state index in [-0.39, 0.29) is 12.2 Å². The summed E-state index contributed by atoms with van der Waals surface area (Å²) in [5.74, 6) is -0.612. The number of hydrogen-bond acceptors (Lipinski definition) is 2. The summed E-state index contributed by atoms with van der Waals surface area (Å²) in [6.45, 7) is 0. The monoisotopic (exact) mass is 341 g/mol. The zero-order valence-electron chi connectivity index (χ0n) is 9.79. The number of benzene rings is 2. The molecular formula is C14H10BrClFNO. The molecule has 5 heteroatoms. The fourth-order valence-corrected chi connectivity index (χ4v) is 2.20. The van der Waals surface area contributed by atoms with E-state index in [1.54, 1.807) is 24.3 Å². The third-order valence-electron chi connectivity index (χ3n) is 2.68. The van der Waals surface area contributed by atoms with Crippen molar-refractivity contribution in [3.8, 4) is 0 Å². The average Bonchev–Trinajstić information content (AvgIpc) is 2.37. The predicted molar refractivity (Wildman–Crippen MR) is 78.0 cm³/mol. The lowest BCUT2D eigenvalue weighted by Gasteiger charge is -2.05. The Bertz CT molecular complexity index is 645. The van der Waals surface area contributed by atoms with Gasteiger partial charge in [0, 0.05) is 16.5 Å². The van der Waals surface area contributed by atoms with Crippen LogP contribution in [0.5, 0.6) is 0 Å². The molecule has 0 saturated carbocycles. The van der Waals surface area contributed by atoms with E-state index in [0.717, 1.165) is 4.47 Å². The average molecular weight is 343 g/mol. The number of anilines is 1. The topological polar surface area (TPSA) is 43.1 Å². The van der Waals surface area contributed by atoms with Crippen molar-refractivity contribution in [2.75, 3.05) is 5.73 Å². The Morgan fingerprint density at radius 1 is 1.26 bits per heavy atom. The van der Waals surface area contributed by atoms with Gasteiger partial charge in [0.15, 0.2) is 5.78 Å². The molecule has 0 aliphatic rings. The van der Waals surface area contributed by atoms with Crippen LogP contribution in [-0.2, 0) is 6.42 Å². The maximum Gasteiger partial charge on any atom is 0.167 e. The molecule has 2 aromatic rings. The van der Waals surface area contributed by atoms with E-state index in [2.05, 4.69) is 15.9 Å². The molecule has 0 atom stereocenters. The van der Waals surface area contributed by atoms with Crippen LogP contribution in [0.25, 0.3) is 0 Å². The number of carbonyl (C=O) groups excluding carboxylic acids is 1. The van der Waals surface area contributed by atoms with Crippen molar-refractivity contribution < 1.29 is 9.18 Å². The Morgan fingerprint density at radius 3 is 2.68 bits per heavy atom. The molecule has 2 rings (SSSR count). The summed E-state index contributed by atoms with van der Waals surface area (Å²) in [5, 5.41) is 0.394. The van der Waals surface area contributed by atoms with Gasteiger partial charge in [0.25, 0.3) is 0 Å². The van der Waals surface area contributed by atoms with E-state index < -0.39 is 5.82 Å². The molecule has 0 bridgehead atoms. The summed E-state index contributed by atoms with van der Waals surface area (Å²) in [7, 11) is 0. The van der Waals surface area contributed by atoms with Gasteiger partial charge in [0.05, 0.1) is 10.7 Å². The lowest BCUT2D eigenvalue weighted by atomic mass is 10.0. The molecule has 19 heavy (non-hydrogen) atoms. The second kappa shape index (κ2) is 5.72. The molecule has 0 unspecified atom stereocenters. The molecule has 2 N–H and O–H groups in total. The van der Waals surface area contributed by atoms with E-state index in [1.165, 1.54) is 12.1 Å². The molecule has 0 fully saturated rings. The van der Waals surface area contributed by atoms with Crippen LogP contribution >= 0.6 is 27.5 Å². The summed E-state index contributed by atoms with van der Waals surface area (Å²) in [6.07, 6.45) is -0.0215. The number of Topliss-reactive ketones (excluding diaryl/α,β-unsaturated/α-hetero) is 1. The minimum Gasteiger partial charge on any atom is -0.398 e. The first-order chi connectivity index (χ1) is 8.97. The number of nitrogens with two attached hydrogens (primary N) is 1.